The zero-order chi connectivity index (χ0) is 18.2. The van der Waals surface area contributed by atoms with Crippen LogP contribution in [0, 0.1) is 18.8 Å². The molecule has 0 aliphatic heterocycles. The first-order valence-corrected chi connectivity index (χ1v) is 8.04. The van der Waals surface area contributed by atoms with Crippen molar-refractivity contribution in [3.63, 3.8) is 0 Å². The summed E-state index contributed by atoms with van der Waals surface area (Å²) < 4.78 is 10.6. The smallest absolute Gasteiger partial charge is 0.274 e. The standard InChI is InChI=1S/C20H17N3O3/c1-15-9-10-17(14-22-15)25-12-6-5-11-21-20(24)18-13-19(26-23-18)16-7-3-2-4-8-16/h2-4,7-10,13-14H,11-12H2,1H3,(H,21,24). The molecular weight excluding hydrogens is 330 g/mol. The fraction of sp³-hybridized carbons (Fsp3) is 0.150. The summed E-state index contributed by atoms with van der Waals surface area (Å²) in [7, 11) is 0. The molecule has 0 spiro atoms. The molecule has 26 heavy (non-hydrogen) atoms. The van der Waals surface area contributed by atoms with Crippen LogP contribution in [0.5, 0.6) is 5.75 Å². The van der Waals surface area contributed by atoms with Crippen LogP contribution in [0.25, 0.3) is 11.3 Å². The number of aromatic nitrogens is 2. The maximum Gasteiger partial charge on any atom is 0.274 e. The number of carbonyl (C=O) groups excluding carboxylic acids is 1. The van der Waals surface area contributed by atoms with Crippen LogP contribution in [0.15, 0.2) is 59.3 Å². The van der Waals surface area contributed by atoms with E-state index in [1.165, 1.54) is 0 Å². The van der Waals surface area contributed by atoms with E-state index in [1.807, 2.05) is 49.4 Å². The Balaban J connectivity index is 1.45. The lowest BCUT2D eigenvalue weighted by atomic mass is 10.1. The highest BCUT2D eigenvalue weighted by atomic mass is 16.5. The molecule has 3 aromatic rings. The lowest BCUT2D eigenvalue weighted by molar-refractivity contribution is 0.0949. The minimum absolute atomic E-state index is 0.196. The molecule has 3 rings (SSSR count). The molecule has 0 saturated carbocycles. The Kier molecular flexibility index (Phi) is 5.63. The number of hydrogen-bond donors (Lipinski definition) is 1. The number of nitrogens with one attached hydrogen (secondary N) is 1. The number of nitrogens with zero attached hydrogens (tertiary/aromatic N) is 2. The minimum Gasteiger partial charge on any atom is -0.479 e. The third-order valence-electron chi connectivity index (χ3n) is 3.46. The van der Waals surface area contributed by atoms with Crippen molar-refractivity contribution in [3.8, 4) is 28.9 Å². The maximum absolute atomic E-state index is 12.0. The maximum atomic E-state index is 12.0. The van der Waals surface area contributed by atoms with Crippen LogP contribution in [0.2, 0.25) is 0 Å². The quantitative estimate of drug-likeness (QED) is 0.718. The van der Waals surface area contributed by atoms with E-state index < -0.39 is 0 Å². The first-order chi connectivity index (χ1) is 12.7. The molecule has 130 valence electrons. The molecule has 0 radical (unpaired) electrons. The van der Waals surface area contributed by atoms with Crippen LogP contribution >= 0.6 is 0 Å². The van der Waals surface area contributed by atoms with Crippen molar-refractivity contribution in [2.75, 3.05) is 13.2 Å². The van der Waals surface area contributed by atoms with E-state index >= 15 is 0 Å². The summed E-state index contributed by atoms with van der Waals surface area (Å²) in [5.41, 5.74) is 2.00. The lowest BCUT2D eigenvalue weighted by Gasteiger charge is -2.00. The zero-order valence-electron chi connectivity index (χ0n) is 14.2. The van der Waals surface area contributed by atoms with Gasteiger partial charge in [0.05, 0.1) is 12.7 Å². The molecule has 0 unspecified atom stereocenters. The topological polar surface area (TPSA) is 77.2 Å². The summed E-state index contributed by atoms with van der Waals surface area (Å²) >= 11 is 0. The van der Waals surface area contributed by atoms with Gasteiger partial charge in [-0.05, 0) is 19.1 Å². The van der Waals surface area contributed by atoms with Crippen LogP contribution in [0.3, 0.4) is 0 Å². The Labute approximate surface area is 151 Å². The van der Waals surface area contributed by atoms with Crippen molar-refractivity contribution in [2.45, 2.75) is 6.92 Å². The fourth-order valence-electron chi connectivity index (χ4n) is 2.11. The van der Waals surface area contributed by atoms with Crippen molar-refractivity contribution in [1.29, 1.82) is 0 Å². The van der Waals surface area contributed by atoms with Gasteiger partial charge in [-0.1, -0.05) is 47.3 Å². The van der Waals surface area contributed by atoms with Gasteiger partial charge in [-0.3, -0.25) is 9.78 Å². The van der Waals surface area contributed by atoms with Crippen LogP contribution in [0.1, 0.15) is 16.2 Å². The van der Waals surface area contributed by atoms with E-state index in [1.54, 1.807) is 12.3 Å². The van der Waals surface area contributed by atoms with Gasteiger partial charge in [-0.2, -0.15) is 0 Å². The van der Waals surface area contributed by atoms with Crippen molar-refractivity contribution < 1.29 is 14.1 Å². The molecule has 2 aromatic heterocycles. The molecule has 1 aromatic carbocycles. The van der Waals surface area contributed by atoms with Gasteiger partial charge in [0.15, 0.2) is 11.5 Å². The number of pyridine rings is 1. The molecule has 1 amide bonds. The molecule has 0 bridgehead atoms. The lowest BCUT2D eigenvalue weighted by Crippen LogP contribution is -2.23. The van der Waals surface area contributed by atoms with Crippen molar-refractivity contribution in [3.05, 3.63) is 66.1 Å². The molecule has 1 N–H and O–H groups in total. The largest absolute Gasteiger partial charge is 0.479 e. The van der Waals surface area contributed by atoms with E-state index in [2.05, 4.69) is 27.3 Å². The second kappa shape index (κ2) is 8.49. The molecule has 2 heterocycles. The molecule has 0 aliphatic carbocycles. The Morgan fingerprint density at radius 3 is 2.81 bits per heavy atom. The highest BCUT2D eigenvalue weighted by Crippen LogP contribution is 2.19. The zero-order valence-corrected chi connectivity index (χ0v) is 14.2. The van der Waals surface area contributed by atoms with Gasteiger partial charge >= 0.3 is 0 Å². The van der Waals surface area contributed by atoms with Crippen molar-refractivity contribution in [2.24, 2.45) is 0 Å². The summed E-state index contributed by atoms with van der Waals surface area (Å²) in [4.78, 5) is 16.2. The number of aryl methyl sites for hydroxylation is 1. The predicted molar refractivity (Wildman–Crippen MR) is 96.5 cm³/mol. The first-order valence-electron chi connectivity index (χ1n) is 8.04. The number of amides is 1. The normalized spacial score (nSPS) is 9.88. The van der Waals surface area contributed by atoms with E-state index in [9.17, 15) is 4.79 Å². The third-order valence-corrected chi connectivity index (χ3v) is 3.46. The van der Waals surface area contributed by atoms with Gasteiger partial charge < -0.3 is 14.6 Å². The SMILES string of the molecule is Cc1ccc(OCC#CCNC(=O)c2cc(-c3ccccc3)on2)cn1. The van der Waals surface area contributed by atoms with Gasteiger partial charge in [0, 0.05) is 17.3 Å². The van der Waals surface area contributed by atoms with Crippen molar-refractivity contribution in [1.82, 2.24) is 15.5 Å². The monoisotopic (exact) mass is 347 g/mol. The summed E-state index contributed by atoms with van der Waals surface area (Å²) in [6.07, 6.45) is 1.65. The number of carbonyl (C=O) groups is 1. The van der Waals surface area contributed by atoms with E-state index in [0.29, 0.717) is 11.5 Å². The van der Waals surface area contributed by atoms with E-state index in [0.717, 1.165) is 11.3 Å². The van der Waals surface area contributed by atoms with Gasteiger partial charge in [-0.15, -0.1) is 0 Å². The highest BCUT2D eigenvalue weighted by molar-refractivity contribution is 5.93. The number of hydrogen-bond acceptors (Lipinski definition) is 5. The molecule has 6 heteroatoms. The van der Waals surface area contributed by atoms with Gasteiger partial charge in [0.1, 0.15) is 12.4 Å². The Morgan fingerprint density at radius 1 is 1.19 bits per heavy atom. The summed E-state index contributed by atoms with van der Waals surface area (Å²) in [5, 5.41) is 6.45. The number of ether oxygens (including phenoxy) is 1. The average molecular weight is 347 g/mol. The third kappa shape index (κ3) is 4.71. The number of rotatable bonds is 5. The fourth-order valence-corrected chi connectivity index (χ4v) is 2.11. The van der Waals surface area contributed by atoms with Crippen LogP contribution in [0.4, 0.5) is 0 Å². The van der Waals surface area contributed by atoms with Crippen LogP contribution in [-0.4, -0.2) is 29.2 Å². The Morgan fingerprint density at radius 2 is 2.04 bits per heavy atom. The van der Waals surface area contributed by atoms with Gasteiger partial charge in [0.25, 0.3) is 5.91 Å². The minimum atomic E-state index is -0.339. The second-order valence-corrected chi connectivity index (χ2v) is 5.40. The number of benzene rings is 1. The molecule has 0 atom stereocenters. The molecule has 6 nitrogen and oxygen atoms in total. The van der Waals surface area contributed by atoms with E-state index in [-0.39, 0.29) is 24.8 Å². The summed E-state index contributed by atoms with van der Waals surface area (Å²) in [6, 6.07) is 14.8. The summed E-state index contributed by atoms with van der Waals surface area (Å²) in [5.74, 6) is 6.51. The first kappa shape index (κ1) is 17.2. The summed E-state index contributed by atoms with van der Waals surface area (Å²) in [6.45, 7) is 2.33. The molecule has 0 saturated heterocycles. The molecular formula is C20H17N3O3. The van der Waals surface area contributed by atoms with Gasteiger partial charge in [-0.25, -0.2) is 0 Å². The highest BCUT2D eigenvalue weighted by Gasteiger charge is 2.12. The predicted octanol–water partition coefficient (Wildman–Crippen LogP) is 2.86. The van der Waals surface area contributed by atoms with Crippen molar-refractivity contribution >= 4 is 5.91 Å². The Bertz CT molecular complexity index is 922. The molecule has 0 aliphatic rings. The van der Waals surface area contributed by atoms with Gasteiger partial charge in [0.2, 0.25) is 0 Å². The van der Waals surface area contributed by atoms with E-state index in [4.69, 9.17) is 9.26 Å². The molecule has 0 fully saturated rings. The second-order valence-electron chi connectivity index (χ2n) is 5.40. The van der Waals surface area contributed by atoms with Crippen LogP contribution in [-0.2, 0) is 0 Å². The Hall–Kier alpha value is -3.59. The van der Waals surface area contributed by atoms with Crippen LogP contribution < -0.4 is 10.1 Å². The average Bonchev–Trinajstić information content (AvgIpc) is 3.17.